The highest BCUT2D eigenvalue weighted by Gasteiger charge is 2.20. The highest BCUT2D eigenvalue weighted by Crippen LogP contribution is 2.17. The third kappa shape index (κ3) is 3.01. The molecule has 0 spiro atoms. The van der Waals surface area contributed by atoms with E-state index in [-0.39, 0.29) is 18.7 Å². The maximum absolute atomic E-state index is 13.6. The summed E-state index contributed by atoms with van der Waals surface area (Å²) in [7, 11) is 0. The Balaban J connectivity index is 3.02. The molecule has 0 aromatic heterocycles. The Morgan fingerprint density at radius 1 is 1.56 bits per heavy atom. The third-order valence-electron chi connectivity index (χ3n) is 2.43. The van der Waals surface area contributed by atoms with E-state index in [0.29, 0.717) is 12.6 Å². The van der Waals surface area contributed by atoms with Gasteiger partial charge in [0.2, 0.25) is 0 Å². The van der Waals surface area contributed by atoms with Gasteiger partial charge in [0.25, 0.3) is 11.6 Å². The van der Waals surface area contributed by atoms with Crippen LogP contribution in [0.3, 0.4) is 0 Å². The molecule has 1 amide bonds. The van der Waals surface area contributed by atoms with Crippen molar-refractivity contribution in [2.75, 3.05) is 19.7 Å². The Kier molecular flexibility index (Phi) is 4.73. The van der Waals surface area contributed by atoms with Gasteiger partial charge in [-0.3, -0.25) is 14.9 Å². The first-order valence-corrected chi connectivity index (χ1v) is 5.35. The van der Waals surface area contributed by atoms with Crippen LogP contribution in [-0.2, 0) is 0 Å². The van der Waals surface area contributed by atoms with Gasteiger partial charge >= 0.3 is 0 Å². The number of non-ortho nitro benzene ring substituents is 1. The lowest BCUT2D eigenvalue weighted by Gasteiger charge is -2.19. The Morgan fingerprint density at radius 3 is 2.67 bits per heavy atom. The Labute approximate surface area is 103 Å². The molecule has 7 heteroatoms. The quantitative estimate of drug-likeness (QED) is 0.633. The van der Waals surface area contributed by atoms with Crippen molar-refractivity contribution in [3.8, 4) is 0 Å². The molecule has 1 rings (SSSR count). The number of aliphatic hydroxyl groups is 1. The number of rotatable bonds is 5. The first-order chi connectivity index (χ1) is 8.51. The number of nitro groups is 1. The number of nitro benzene ring substituents is 1. The van der Waals surface area contributed by atoms with Crippen molar-refractivity contribution in [2.45, 2.75) is 6.92 Å². The molecule has 1 aromatic carbocycles. The largest absolute Gasteiger partial charge is 0.395 e. The normalized spacial score (nSPS) is 10.2. The number of halogens is 1. The summed E-state index contributed by atoms with van der Waals surface area (Å²) in [4.78, 5) is 22.8. The fraction of sp³-hybridized carbons (Fsp3) is 0.364. The average Bonchev–Trinajstić information content (AvgIpc) is 2.34. The van der Waals surface area contributed by atoms with Gasteiger partial charge in [0.15, 0.2) is 0 Å². The van der Waals surface area contributed by atoms with Crippen molar-refractivity contribution in [3.05, 3.63) is 39.7 Å². The summed E-state index contributed by atoms with van der Waals surface area (Å²) < 4.78 is 13.6. The zero-order valence-electron chi connectivity index (χ0n) is 9.80. The van der Waals surface area contributed by atoms with E-state index in [4.69, 9.17) is 5.11 Å². The topological polar surface area (TPSA) is 83.7 Å². The summed E-state index contributed by atoms with van der Waals surface area (Å²) in [5.74, 6) is -1.54. The van der Waals surface area contributed by atoms with Gasteiger partial charge < -0.3 is 10.0 Å². The van der Waals surface area contributed by atoms with Gasteiger partial charge in [-0.05, 0) is 13.0 Å². The summed E-state index contributed by atoms with van der Waals surface area (Å²) in [5.41, 5.74) is -0.648. The number of aliphatic hydroxyl groups excluding tert-OH is 1. The van der Waals surface area contributed by atoms with Gasteiger partial charge in [0.05, 0.1) is 23.2 Å². The second-order valence-electron chi connectivity index (χ2n) is 3.53. The fourth-order valence-corrected chi connectivity index (χ4v) is 1.49. The van der Waals surface area contributed by atoms with Gasteiger partial charge in [-0.2, -0.15) is 0 Å². The van der Waals surface area contributed by atoms with Crippen LogP contribution in [0, 0.1) is 15.9 Å². The monoisotopic (exact) mass is 256 g/mol. The SMILES string of the molecule is CCN(CCO)C(=O)c1ccc([N+](=O)[O-])cc1F. The van der Waals surface area contributed by atoms with Gasteiger partial charge in [-0.1, -0.05) is 0 Å². The number of likely N-dealkylation sites (N-methyl/N-ethyl adjacent to an activating group) is 1. The van der Waals surface area contributed by atoms with Crippen molar-refractivity contribution in [3.63, 3.8) is 0 Å². The molecule has 0 fully saturated rings. The lowest BCUT2D eigenvalue weighted by Crippen LogP contribution is -2.33. The van der Waals surface area contributed by atoms with Crippen LogP contribution in [-0.4, -0.2) is 40.5 Å². The van der Waals surface area contributed by atoms with Crippen molar-refractivity contribution in [1.29, 1.82) is 0 Å². The van der Waals surface area contributed by atoms with Crippen molar-refractivity contribution in [2.24, 2.45) is 0 Å². The summed E-state index contributed by atoms with van der Waals surface area (Å²) in [6, 6.07) is 2.86. The molecular formula is C11H13FN2O4. The molecule has 0 saturated carbocycles. The predicted octanol–water partition coefficient (Wildman–Crippen LogP) is 1.19. The van der Waals surface area contributed by atoms with E-state index in [0.717, 1.165) is 12.1 Å². The molecular weight excluding hydrogens is 243 g/mol. The van der Waals surface area contributed by atoms with Crippen LogP contribution < -0.4 is 0 Å². The van der Waals surface area contributed by atoms with Crippen LogP contribution >= 0.6 is 0 Å². The summed E-state index contributed by atoms with van der Waals surface area (Å²) in [6.07, 6.45) is 0. The van der Waals surface area contributed by atoms with E-state index in [1.807, 2.05) is 0 Å². The van der Waals surface area contributed by atoms with Crippen LogP contribution in [0.15, 0.2) is 18.2 Å². The van der Waals surface area contributed by atoms with E-state index in [2.05, 4.69) is 0 Å². The zero-order chi connectivity index (χ0) is 13.7. The van der Waals surface area contributed by atoms with E-state index >= 15 is 0 Å². The number of benzene rings is 1. The Bertz CT molecular complexity index is 464. The van der Waals surface area contributed by atoms with E-state index in [9.17, 15) is 19.3 Å². The van der Waals surface area contributed by atoms with E-state index in [1.54, 1.807) is 6.92 Å². The number of hydrogen-bond acceptors (Lipinski definition) is 4. The van der Waals surface area contributed by atoms with Gasteiger partial charge in [-0.15, -0.1) is 0 Å². The van der Waals surface area contributed by atoms with Crippen molar-refractivity contribution >= 4 is 11.6 Å². The maximum atomic E-state index is 13.6. The van der Waals surface area contributed by atoms with Crippen LogP contribution in [0.2, 0.25) is 0 Å². The molecule has 98 valence electrons. The number of amides is 1. The van der Waals surface area contributed by atoms with Crippen LogP contribution in [0.5, 0.6) is 0 Å². The Hall–Kier alpha value is -2.02. The highest BCUT2D eigenvalue weighted by atomic mass is 19.1. The third-order valence-corrected chi connectivity index (χ3v) is 2.43. The van der Waals surface area contributed by atoms with Crippen molar-refractivity contribution in [1.82, 2.24) is 4.90 Å². The molecule has 18 heavy (non-hydrogen) atoms. The lowest BCUT2D eigenvalue weighted by molar-refractivity contribution is -0.385. The average molecular weight is 256 g/mol. The molecule has 0 radical (unpaired) electrons. The zero-order valence-corrected chi connectivity index (χ0v) is 9.80. The van der Waals surface area contributed by atoms with Gasteiger partial charge in [0, 0.05) is 19.2 Å². The molecule has 0 aliphatic heterocycles. The Morgan fingerprint density at radius 2 is 2.22 bits per heavy atom. The molecule has 1 N–H and O–H groups in total. The summed E-state index contributed by atoms with van der Waals surface area (Å²) >= 11 is 0. The number of carbonyl (C=O) groups is 1. The minimum absolute atomic E-state index is 0.0890. The first-order valence-electron chi connectivity index (χ1n) is 5.35. The molecule has 0 unspecified atom stereocenters. The van der Waals surface area contributed by atoms with Crippen LogP contribution in [0.1, 0.15) is 17.3 Å². The smallest absolute Gasteiger partial charge is 0.272 e. The lowest BCUT2D eigenvalue weighted by atomic mass is 10.1. The molecule has 1 aromatic rings. The molecule has 0 aliphatic carbocycles. The van der Waals surface area contributed by atoms with Crippen LogP contribution in [0.4, 0.5) is 10.1 Å². The molecule has 0 saturated heterocycles. The fourth-order valence-electron chi connectivity index (χ4n) is 1.49. The van der Waals surface area contributed by atoms with Gasteiger partial charge in [0.1, 0.15) is 5.82 Å². The van der Waals surface area contributed by atoms with E-state index < -0.39 is 22.3 Å². The molecule has 6 nitrogen and oxygen atoms in total. The predicted molar refractivity (Wildman–Crippen MR) is 61.7 cm³/mol. The number of carbonyl (C=O) groups excluding carboxylic acids is 1. The highest BCUT2D eigenvalue weighted by molar-refractivity contribution is 5.94. The summed E-state index contributed by atoms with van der Waals surface area (Å²) in [5, 5.41) is 19.2. The molecule has 0 aliphatic rings. The first kappa shape index (κ1) is 14.0. The van der Waals surface area contributed by atoms with Crippen molar-refractivity contribution < 1.29 is 19.2 Å². The molecule has 0 bridgehead atoms. The standard InChI is InChI=1S/C11H13FN2O4/c1-2-13(5-6-15)11(16)9-4-3-8(14(17)18)7-10(9)12/h3-4,7,15H,2,5-6H2,1H3. The number of hydrogen-bond donors (Lipinski definition) is 1. The van der Waals surface area contributed by atoms with Crippen LogP contribution in [0.25, 0.3) is 0 Å². The second kappa shape index (κ2) is 6.06. The minimum atomic E-state index is -0.939. The minimum Gasteiger partial charge on any atom is -0.395 e. The summed E-state index contributed by atoms with van der Waals surface area (Å²) in [6.45, 7) is 1.87. The molecule has 0 heterocycles. The number of nitrogens with zero attached hydrogens (tertiary/aromatic N) is 2. The molecule has 0 atom stereocenters. The second-order valence-corrected chi connectivity index (χ2v) is 3.53. The van der Waals surface area contributed by atoms with E-state index in [1.165, 1.54) is 4.90 Å². The van der Waals surface area contributed by atoms with Gasteiger partial charge in [-0.25, -0.2) is 4.39 Å². The maximum Gasteiger partial charge on any atom is 0.272 e.